The number of nitrogens with one attached hydrogen (secondary N) is 1. The Kier molecular flexibility index (Phi) is 5.18. The van der Waals surface area contributed by atoms with Crippen LogP contribution in [0.1, 0.15) is 50.9 Å². The van der Waals surface area contributed by atoms with E-state index in [2.05, 4.69) is 35.1 Å². The molecule has 0 saturated heterocycles. The zero-order valence-corrected chi connectivity index (χ0v) is 13.0. The number of hydrogen-bond donors (Lipinski definition) is 2. The number of hydrazine groups is 1. The van der Waals surface area contributed by atoms with E-state index in [1.807, 2.05) is 7.11 Å². The fourth-order valence-corrected chi connectivity index (χ4v) is 3.40. The summed E-state index contributed by atoms with van der Waals surface area (Å²) in [6.45, 7) is 5.16. The van der Waals surface area contributed by atoms with E-state index in [-0.39, 0.29) is 11.6 Å². The molecule has 1 saturated carbocycles. The van der Waals surface area contributed by atoms with Crippen LogP contribution in [0.5, 0.6) is 0 Å². The van der Waals surface area contributed by atoms with Crippen molar-refractivity contribution in [2.75, 3.05) is 7.11 Å². The van der Waals surface area contributed by atoms with E-state index < -0.39 is 0 Å². The zero-order valence-electron chi connectivity index (χ0n) is 13.0. The summed E-state index contributed by atoms with van der Waals surface area (Å²) in [7, 11) is 1.81. The first-order chi connectivity index (χ1) is 9.69. The third kappa shape index (κ3) is 2.90. The SMILES string of the molecule is CCc1cc(CC(NN)C2(OC)CCCC2)n(CC)n1. The summed E-state index contributed by atoms with van der Waals surface area (Å²) in [5.41, 5.74) is 5.27. The molecule has 1 aromatic rings. The summed E-state index contributed by atoms with van der Waals surface area (Å²) < 4.78 is 7.94. The molecule has 1 heterocycles. The van der Waals surface area contributed by atoms with Crippen LogP contribution in [0.2, 0.25) is 0 Å². The minimum Gasteiger partial charge on any atom is -0.377 e. The second-order valence-electron chi connectivity index (χ2n) is 5.70. The van der Waals surface area contributed by atoms with Gasteiger partial charge in [0, 0.05) is 25.8 Å². The molecule has 1 fully saturated rings. The monoisotopic (exact) mass is 280 g/mol. The van der Waals surface area contributed by atoms with E-state index in [1.54, 1.807) is 0 Å². The molecule has 0 aromatic carbocycles. The Morgan fingerprint density at radius 2 is 2.15 bits per heavy atom. The molecule has 0 aliphatic heterocycles. The van der Waals surface area contributed by atoms with Gasteiger partial charge in [-0.15, -0.1) is 0 Å². The normalized spacial score (nSPS) is 19.4. The largest absolute Gasteiger partial charge is 0.377 e. The van der Waals surface area contributed by atoms with E-state index >= 15 is 0 Å². The van der Waals surface area contributed by atoms with Gasteiger partial charge in [-0.3, -0.25) is 16.0 Å². The number of rotatable bonds is 7. The van der Waals surface area contributed by atoms with E-state index in [9.17, 15) is 0 Å². The molecule has 1 unspecified atom stereocenters. The Morgan fingerprint density at radius 1 is 1.45 bits per heavy atom. The van der Waals surface area contributed by atoms with Crippen molar-refractivity contribution in [3.63, 3.8) is 0 Å². The average Bonchev–Trinajstić information content (AvgIpc) is 3.11. The Morgan fingerprint density at radius 3 is 2.65 bits per heavy atom. The van der Waals surface area contributed by atoms with Gasteiger partial charge in [0.1, 0.15) is 0 Å². The lowest BCUT2D eigenvalue weighted by Gasteiger charge is -2.36. The highest BCUT2D eigenvalue weighted by Crippen LogP contribution is 2.36. The summed E-state index contributed by atoms with van der Waals surface area (Å²) in [5.74, 6) is 5.83. The highest BCUT2D eigenvalue weighted by molar-refractivity contribution is 5.14. The molecule has 3 N–H and O–H groups in total. The number of aryl methyl sites for hydroxylation is 2. The van der Waals surface area contributed by atoms with E-state index in [4.69, 9.17) is 10.6 Å². The van der Waals surface area contributed by atoms with Gasteiger partial charge in [0.25, 0.3) is 0 Å². The van der Waals surface area contributed by atoms with Crippen molar-refractivity contribution in [2.45, 2.75) is 70.6 Å². The summed E-state index contributed by atoms with van der Waals surface area (Å²) in [6.07, 6.45) is 6.44. The maximum Gasteiger partial charge on any atom is 0.0848 e. The number of methoxy groups -OCH3 is 1. The first kappa shape index (κ1) is 15.5. The van der Waals surface area contributed by atoms with Crippen LogP contribution in [0, 0.1) is 0 Å². The Labute approximate surface area is 121 Å². The number of hydrogen-bond acceptors (Lipinski definition) is 4. The van der Waals surface area contributed by atoms with Crippen LogP contribution in [-0.2, 0) is 24.1 Å². The summed E-state index contributed by atoms with van der Waals surface area (Å²) in [4.78, 5) is 0. The topological polar surface area (TPSA) is 65.1 Å². The van der Waals surface area contributed by atoms with Gasteiger partial charge in [-0.05, 0) is 32.3 Å². The predicted molar refractivity (Wildman–Crippen MR) is 80.3 cm³/mol. The molecule has 0 amide bonds. The quantitative estimate of drug-likeness (QED) is 0.590. The van der Waals surface area contributed by atoms with Crippen molar-refractivity contribution in [3.8, 4) is 0 Å². The van der Waals surface area contributed by atoms with Crippen LogP contribution in [0.3, 0.4) is 0 Å². The van der Waals surface area contributed by atoms with Crippen LogP contribution in [0.15, 0.2) is 6.07 Å². The van der Waals surface area contributed by atoms with Crippen LogP contribution >= 0.6 is 0 Å². The average molecular weight is 280 g/mol. The lowest BCUT2D eigenvalue weighted by Crippen LogP contribution is -2.54. The highest BCUT2D eigenvalue weighted by Gasteiger charge is 2.41. The fraction of sp³-hybridized carbons (Fsp3) is 0.800. The lowest BCUT2D eigenvalue weighted by atomic mass is 9.89. The van der Waals surface area contributed by atoms with Gasteiger partial charge in [-0.1, -0.05) is 19.8 Å². The van der Waals surface area contributed by atoms with Gasteiger partial charge in [-0.25, -0.2) is 0 Å². The number of nitrogens with zero attached hydrogens (tertiary/aromatic N) is 2. The van der Waals surface area contributed by atoms with Gasteiger partial charge in [0.2, 0.25) is 0 Å². The van der Waals surface area contributed by atoms with Crippen molar-refractivity contribution in [1.29, 1.82) is 0 Å². The van der Waals surface area contributed by atoms with E-state index in [1.165, 1.54) is 18.5 Å². The molecule has 1 atom stereocenters. The maximum atomic E-state index is 5.86. The Balaban J connectivity index is 2.19. The lowest BCUT2D eigenvalue weighted by molar-refractivity contribution is -0.0360. The van der Waals surface area contributed by atoms with Gasteiger partial charge < -0.3 is 4.74 Å². The third-order valence-corrected chi connectivity index (χ3v) is 4.68. The van der Waals surface area contributed by atoms with Crippen LogP contribution < -0.4 is 11.3 Å². The van der Waals surface area contributed by atoms with Crippen molar-refractivity contribution in [2.24, 2.45) is 5.84 Å². The Bertz CT molecular complexity index is 424. The molecule has 1 aromatic heterocycles. The molecular weight excluding hydrogens is 252 g/mol. The van der Waals surface area contributed by atoms with Gasteiger partial charge in [0.05, 0.1) is 17.3 Å². The molecule has 20 heavy (non-hydrogen) atoms. The zero-order chi connectivity index (χ0) is 14.6. The van der Waals surface area contributed by atoms with Crippen molar-refractivity contribution < 1.29 is 4.74 Å². The second kappa shape index (κ2) is 6.70. The molecule has 1 aliphatic rings. The van der Waals surface area contributed by atoms with Gasteiger partial charge in [0.15, 0.2) is 0 Å². The second-order valence-corrected chi connectivity index (χ2v) is 5.70. The number of nitrogens with two attached hydrogens (primary N) is 1. The molecule has 0 spiro atoms. The standard InChI is InChI=1S/C15H28N4O/c1-4-12-10-13(19(5-2)18-12)11-14(17-16)15(20-3)8-6-7-9-15/h10,14,17H,4-9,11,16H2,1-3H3. The molecule has 0 radical (unpaired) electrons. The highest BCUT2D eigenvalue weighted by atomic mass is 16.5. The minimum atomic E-state index is -0.121. The molecule has 2 rings (SSSR count). The minimum absolute atomic E-state index is 0.121. The molecular formula is C15H28N4O. The molecule has 5 nitrogen and oxygen atoms in total. The van der Waals surface area contributed by atoms with Crippen LogP contribution in [-0.4, -0.2) is 28.5 Å². The number of ether oxygens (including phenoxy) is 1. The summed E-state index contributed by atoms with van der Waals surface area (Å²) in [6, 6.07) is 2.34. The van der Waals surface area contributed by atoms with Crippen molar-refractivity contribution in [3.05, 3.63) is 17.5 Å². The fourth-order valence-electron chi connectivity index (χ4n) is 3.40. The predicted octanol–water partition coefficient (Wildman–Crippen LogP) is 1.80. The first-order valence-electron chi connectivity index (χ1n) is 7.76. The molecule has 5 heteroatoms. The summed E-state index contributed by atoms with van der Waals surface area (Å²) in [5, 5.41) is 4.62. The van der Waals surface area contributed by atoms with Crippen LogP contribution in [0.4, 0.5) is 0 Å². The van der Waals surface area contributed by atoms with E-state index in [0.717, 1.165) is 37.9 Å². The summed E-state index contributed by atoms with van der Waals surface area (Å²) >= 11 is 0. The third-order valence-electron chi connectivity index (χ3n) is 4.68. The Hall–Kier alpha value is -0.910. The smallest absolute Gasteiger partial charge is 0.0848 e. The van der Waals surface area contributed by atoms with Crippen molar-refractivity contribution in [1.82, 2.24) is 15.2 Å². The molecule has 114 valence electrons. The molecule has 1 aliphatic carbocycles. The van der Waals surface area contributed by atoms with Gasteiger partial charge >= 0.3 is 0 Å². The van der Waals surface area contributed by atoms with Crippen LogP contribution in [0.25, 0.3) is 0 Å². The van der Waals surface area contributed by atoms with E-state index in [0.29, 0.717) is 0 Å². The van der Waals surface area contributed by atoms with Crippen molar-refractivity contribution >= 4 is 0 Å². The molecule has 0 bridgehead atoms. The number of aromatic nitrogens is 2. The van der Waals surface area contributed by atoms with Gasteiger partial charge in [-0.2, -0.15) is 5.10 Å². The first-order valence-corrected chi connectivity index (χ1v) is 7.76. The maximum absolute atomic E-state index is 5.86.